The molecular formula is C26H27FN2O2. The molecule has 2 aromatic carbocycles. The zero-order valence-electron chi connectivity index (χ0n) is 17.4. The van der Waals surface area contributed by atoms with Gasteiger partial charge in [0.15, 0.2) is 0 Å². The maximum Gasteiger partial charge on any atom is 0.224 e. The Bertz CT molecular complexity index is 1120. The lowest BCUT2D eigenvalue weighted by molar-refractivity contribution is -0.174. The van der Waals surface area contributed by atoms with Gasteiger partial charge in [0.1, 0.15) is 5.82 Å². The second-order valence-corrected chi connectivity index (χ2v) is 9.88. The SMILES string of the molecule is O=C(CC(c1ccc(F)cc1)c1c[nH]c2ccccc12)N1[C@@H]2CC3C[C@H]1CC(O)(C3)C2. The van der Waals surface area contributed by atoms with E-state index in [4.69, 9.17) is 0 Å². The molecule has 2 saturated carbocycles. The van der Waals surface area contributed by atoms with Gasteiger partial charge >= 0.3 is 0 Å². The monoisotopic (exact) mass is 418 g/mol. The third-order valence-electron chi connectivity index (χ3n) is 7.83. The van der Waals surface area contributed by atoms with Crippen LogP contribution in [0, 0.1) is 11.7 Å². The minimum atomic E-state index is -0.569. The first-order valence-corrected chi connectivity index (χ1v) is 11.3. The van der Waals surface area contributed by atoms with Crippen LogP contribution in [0.15, 0.2) is 54.7 Å². The van der Waals surface area contributed by atoms with E-state index < -0.39 is 5.60 Å². The van der Waals surface area contributed by atoms with Gasteiger partial charge in [-0.2, -0.15) is 0 Å². The fourth-order valence-electron chi connectivity index (χ4n) is 6.76. The van der Waals surface area contributed by atoms with Gasteiger partial charge in [0.25, 0.3) is 0 Å². The minimum Gasteiger partial charge on any atom is -0.390 e. The number of carbonyl (C=O) groups excluding carboxylic acids is 1. The molecule has 2 N–H and O–H groups in total. The van der Waals surface area contributed by atoms with E-state index in [1.807, 2.05) is 24.4 Å². The van der Waals surface area contributed by atoms with Crippen LogP contribution in [0.5, 0.6) is 0 Å². The zero-order valence-corrected chi connectivity index (χ0v) is 17.4. The predicted octanol–water partition coefficient (Wildman–Crippen LogP) is 4.73. The number of rotatable bonds is 4. The quantitative estimate of drug-likeness (QED) is 0.643. The molecule has 31 heavy (non-hydrogen) atoms. The summed E-state index contributed by atoms with van der Waals surface area (Å²) in [5.41, 5.74) is 2.48. The van der Waals surface area contributed by atoms with Gasteiger partial charge in [0.2, 0.25) is 5.91 Å². The van der Waals surface area contributed by atoms with Crippen molar-refractivity contribution >= 4 is 16.8 Å². The van der Waals surface area contributed by atoms with Gasteiger partial charge in [0, 0.05) is 41.5 Å². The lowest BCUT2D eigenvalue weighted by atomic mass is 9.61. The number of halogens is 1. The lowest BCUT2D eigenvalue weighted by Crippen LogP contribution is -2.65. The highest BCUT2D eigenvalue weighted by Crippen LogP contribution is 2.51. The number of benzene rings is 2. The highest BCUT2D eigenvalue weighted by molar-refractivity contribution is 5.86. The number of carbonyl (C=O) groups is 1. The summed E-state index contributed by atoms with van der Waals surface area (Å²) in [4.78, 5) is 19.1. The van der Waals surface area contributed by atoms with Crippen molar-refractivity contribution in [3.63, 3.8) is 0 Å². The second kappa shape index (κ2) is 6.92. The fraction of sp³-hybridized carbons (Fsp3) is 0.423. The molecule has 160 valence electrons. The van der Waals surface area contributed by atoms with Crippen molar-refractivity contribution in [2.45, 2.75) is 62.1 Å². The van der Waals surface area contributed by atoms with Crippen LogP contribution in [0.1, 0.15) is 55.6 Å². The van der Waals surface area contributed by atoms with Crippen LogP contribution in [-0.4, -0.2) is 38.6 Å². The number of hydrogen-bond donors (Lipinski definition) is 2. The van der Waals surface area contributed by atoms with Crippen molar-refractivity contribution in [3.8, 4) is 0 Å². The molecule has 4 fully saturated rings. The summed E-state index contributed by atoms with van der Waals surface area (Å²) in [6.07, 6.45) is 6.68. The molecular weight excluding hydrogens is 391 g/mol. The van der Waals surface area contributed by atoms with Gasteiger partial charge in [-0.1, -0.05) is 30.3 Å². The average Bonchev–Trinajstić information content (AvgIpc) is 3.15. The molecule has 2 saturated heterocycles. The summed E-state index contributed by atoms with van der Waals surface area (Å²) in [7, 11) is 0. The van der Waals surface area contributed by atoms with Gasteiger partial charge < -0.3 is 15.0 Å². The number of fused-ring (bicyclic) bond motifs is 1. The normalized spacial score (nSPS) is 30.1. The van der Waals surface area contributed by atoms with Crippen molar-refractivity contribution in [1.29, 1.82) is 0 Å². The lowest BCUT2D eigenvalue weighted by Gasteiger charge is -2.59. The molecule has 5 atom stereocenters. The number of aromatic nitrogens is 1. The molecule has 1 aromatic heterocycles. The number of para-hydroxylation sites is 1. The van der Waals surface area contributed by atoms with E-state index in [1.54, 1.807) is 12.1 Å². The molecule has 0 radical (unpaired) electrons. The molecule has 2 aliphatic heterocycles. The van der Waals surface area contributed by atoms with Crippen molar-refractivity contribution in [2.24, 2.45) is 5.92 Å². The Balaban J connectivity index is 1.35. The summed E-state index contributed by atoms with van der Waals surface area (Å²) < 4.78 is 13.6. The van der Waals surface area contributed by atoms with E-state index in [9.17, 15) is 14.3 Å². The third kappa shape index (κ3) is 3.18. The van der Waals surface area contributed by atoms with Gasteiger partial charge in [0.05, 0.1) is 5.60 Å². The Morgan fingerprint density at radius 2 is 1.81 bits per heavy atom. The van der Waals surface area contributed by atoms with E-state index in [2.05, 4.69) is 16.0 Å². The van der Waals surface area contributed by atoms with Crippen LogP contribution in [-0.2, 0) is 4.79 Å². The summed E-state index contributed by atoms with van der Waals surface area (Å²) in [5, 5.41) is 12.0. The van der Waals surface area contributed by atoms with Gasteiger partial charge in [-0.25, -0.2) is 4.39 Å². The first kappa shape index (κ1) is 19.1. The van der Waals surface area contributed by atoms with Gasteiger partial charge in [-0.05, 0) is 67.3 Å². The Labute approximate surface area is 181 Å². The van der Waals surface area contributed by atoms with E-state index in [1.165, 1.54) is 12.1 Å². The molecule has 0 spiro atoms. The number of aromatic amines is 1. The third-order valence-corrected chi connectivity index (χ3v) is 7.83. The first-order valence-electron chi connectivity index (χ1n) is 11.3. The Kier molecular flexibility index (Phi) is 4.26. The van der Waals surface area contributed by atoms with E-state index >= 15 is 0 Å². The molecule has 3 heterocycles. The molecule has 2 aliphatic carbocycles. The van der Waals surface area contributed by atoms with Crippen LogP contribution >= 0.6 is 0 Å². The van der Waals surface area contributed by atoms with Crippen LogP contribution in [0.2, 0.25) is 0 Å². The minimum absolute atomic E-state index is 0.149. The molecule has 1 amide bonds. The number of nitrogens with one attached hydrogen (secondary N) is 1. The van der Waals surface area contributed by atoms with Gasteiger partial charge in [-0.15, -0.1) is 0 Å². The van der Waals surface area contributed by atoms with Crippen molar-refractivity contribution < 1.29 is 14.3 Å². The molecule has 4 nitrogen and oxygen atoms in total. The summed E-state index contributed by atoms with van der Waals surface area (Å²) in [6, 6.07) is 14.9. The Hall–Kier alpha value is -2.66. The molecule has 4 bridgehead atoms. The van der Waals surface area contributed by atoms with Crippen molar-refractivity contribution in [3.05, 3.63) is 71.7 Å². The number of H-pyrrole nitrogens is 1. The van der Waals surface area contributed by atoms with Crippen LogP contribution < -0.4 is 0 Å². The zero-order chi connectivity index (χ0) is 21.2. The number of amides is 1. The Morgan fingerprint density at radius 1 is 1.10 bits per heavy atom. The van der Waals surface area contributed by atoms with Crippen molar-refractivity contribution in [2.75, 3.05) is 0 Å². The molecule has 3 unspecified atom stereocenters. The fourth-order valence-corrected chi connectivity index (χ4v) is 6.76. The topological polar surface area (TPSA) is 56.3 Å². The maximum absolute atomic E-state index is 13.7. The first-order chi connectivity index (χ1) is 15.0. The summed E-state index contributed by atoms with van der Waals surface area (Å²) in [5.74, 6) is 0.278. The maximum atomic E-state index is 13.7. The van der Waals surface area contributed by atoms with E-state index in [-0.39, 0.29) is 29.7 Å². The standard InChI is InChI=1S/C26H27FN2O2/c27-18-7-5-17(6-8-18)22(23-15-28-24-4-2-1-3-21(23)24)11-25(30)29-19-9-16-10-20(29)14-26(31,12-16)13-19/h1-8,15-16,19-20,22,28,31H,9-14H2/t16?,19-,20+,22?,26?. The molecule has 7 rings (SSSR count). The number of hydrogen-bond acceptors (Lipinski definition) is 2. The largest absolute Gasteiger partial charge is 0.390 e. The Morgan fingerprint density at radius 3 is 2.52 bits per heavy atom. The van der Waals surface area contributed by atoms with Crippen LogP contribution in [0.4, 0.5) is 4.39 Å². The smallest absolute Gasteiger partial charge is 0.224 e. The average molecular weight is 419 g/mol. The summed E-state index contributed by atoms with van der Waals surface area (Å²) >= 11 is 0. The van der Waals surface area contributed by atoms with E-state index in [0.717, 1.165) is 41.3 Å². The van der Waals surface area contributed by atoms with Crippen LogP contribution in [0.3, 0.4) is 0 Å². The van der Waals surface area contributed by atoms with E-state index in [0.29, 0.717) is 25.2 Å². The van der Waals surface area contributed by atoms with Gasteiger partial charge in [-0.3, -0.25) is 4.79 Å². The van der Waals surface area contributed by atoms with Crippen LogP contribution in [0.25, 0.3) is 10.9 Å². The number of nitrogens with zero attached hydrogens (tertiary/aromatic N) is 1. The number of piperidine rings is 2. The number of aliphatic hydroxyl groups is 1. The highest BCUT2D eigenvalue weighted by atomic mass is 19.1. The summed E-state index contributed by atoms with van der Waals surface area (Å²) in [6.45, 7) is 0. The molecule has 3 aromatic rings. The second-order valence-electron chi connectivity index (χ2n) is 9.88. The highest BCUT2D eigenvalue weighted by Gasteiger charge is 2.55. The van der Waals surface area contributed by atoms with Crippen molar-refractivity contribution in [1.82, 2.24) is 9.88 Å². The molecule has 5 heteroatoms. The molecule has 4 aliphatic rings. The predicted molar refractivity (Wildman–Crippen MR) is 117 cm³/mol.